The summed E-state index contributed by atoms with van der Waals surface area (Å²) in [6.07, 6.45) is 3.97. The van der Waals surface area contributed by atoms with Crippen LogP contribution in [0.2, 0.25) is 0 Å². The molecular weight excluding hydrogens is 304 g/mol. The molecule has 1 aromatic rings. The summed E-state index contributed by atoms with van der Waals surface area (Å²) in [5.41, 5.74) is 9.02. The molecule has 1 aliphatic heterocycles. The molecule has 2 N–H and O–H groups in total. The second kappa shape index (κ2) is 7.55. The van der Waals surface area contributed by atoms with E-state index in [1.54, 1.807) is 6.92 Å². The SMILES string of the molecule is CC1=C(N)C(=O)N(CCC=O)C(=O)/C=C(\C)C(c2ccccc2)=C1. The van der Waals surface area contributed by atoms with Gasteiger partial charge in [-0.15, -0.1) is 0 Å². The van der Waals surface area contributed by atoms with E-state index in [4.69, 9.17) is 5.73 Å². The maximum Gasteiger partial charge on any atom is 0.276 e. The van der Waals surface area contributed by atoms with Crippen LogP contribution in [0.5, 0.6) is 0 Å². The summed E-state index contributed by atoms with van der Waals surface area (Å²) < 4.78 is 0. The summed E-state index contributed by atoms with van der Waals surface area (Å²) in [6, 6.07) is 9.58. The van der Waals surface area contributed by atoms with Gasteiger partial charge in [0.15, 0.2) is 0 Å². The number of hydrogen-bond donors (Lipinski definition) is 1. The zero-order chi connectivity index (χ0) is 17.7. The van der Waals surface area contributed by atoms with Crippen molar-refractivity contribution < 1.29 is 14.4 Å². The lowest BCUT2D eigenvalue weighted by Gasteiger charge is -2.18. The summed E-state index contributed by atoms with van der Waals surface area (Å²) >= 11 is 0. The highest BCUT2D eigenvalue weighted by Crippen LogP contribution is 2.26. The molecule has 124 valence electrons. The van der Waals surface area contributed by atoms with Crippen LogP contribution in [0.1, 0.15) is 25.8 Å². The van der Waals surface area contributed by atoms with E-state index in [9.17, 15) is 14.4 Å². The fraction of sp³-hybridized carbons (Fsp3) is 0.211. The Kier molecular flexibility index (Phi) is 5.47. The second-order valence-corrected chi connectivity index (χ2v) is 5.60. The first-order chi connectivity index (χ1) is 11.5. The van der Waals surface area contributed by atoms with Crippen LogP contribution in [0, 0.1) is 0 Å². The van der Waals surface area contributed by atoms with Crippen molar-refractivity contribution in [3.63, 3.8) is 0 Å². The van der Waals surface area contributed by atoms with Gasteiger partial charge in [0.1, 0.15) is 12.0 Å². The van der Waals surface area contributed by atoms with Crippen LogP contribution >= 0.6 is 0 Å². The summed E-state index contributed by atoms with van der Waals surface area (Å²) in [7, 11) is 0. The number of aldehydes is 1. The third-order valence-electron chi connectivity index (χ3n) is 3.85. The van der Waals surface area contributed by atoms with Crippen LogP contribution in [0.4, 0.5) is 0 Å². The average Bonchev–Trinajstić information content (AvgIpc) is 2.61. The molecule has 1 aliphatic rings. The highest BCUT2D eigenvalue weighted by molar-refractivity contribution is 6.09. The molecule has 0 unspecified atom stereocenters. The maximum atomic E-state index is 12.5. The number of allylic oxidation sites excluding steroid dienone is 4. The zero-order valence-corrected chi connectivity index (χ0v) is 13.8. The molecule has 1 aromatic carbocycles. The molecule has 0 bridgehead atoms. The number of imide groups is 1. The Morgan fingerprint density at radius 3 is 2.38 bits per heavy atom. The van der Waals surface area contributed by atoms with Gasteiger partial charge in [0.25, 0.3) is 11.8 Å². The first-order valence-electron chi connectivity index (χ1n) is 7.67. The van der Waals surface area contributed by atoms with E-state index in [-0.39, 0.29) is 18.7 Å². The minimum atomic E-state index is -0.575. The molecule has 5 nitrogen and oxygen atoms in total. The number of nitrogens with two attached hydrogens (primary N) is 1. The van der Waals surface area contributed by atoms with Gasteiger partial charge in [0.05, 0.1) is 0 Å². The Morgan fingerprint density at radius 1 is 1.08 bits per heavy atom. The highest BCUT2D eigenvalue weighted by Gasteiger charge is 2.24. The fourth-order valence-corrected chi connectivity index (χ4v) is 2.49. The molecule has 1 heterocycles. The fourth-order valence-electron chi connectivity index (χ4n) is 2.49. The second-order valence-electron chi connectivity index (χ2n) is 5.60. The summed E-state index contributed by atoms with van der Waals surface area (Å²) in [4.78, 5) is 36.6. The molecule has 2 amide bonds. The van der Waals surface area contributed by atoms with Gasteiger partial charge in [-0.25, -0.2) is 0 Å². The van der Waals surface area contributed by atoms with E-state index in [2.05, 4.69) is 0 Å². The lowest BCUT2D eigenvalue weighted by Crippen LogP contribution is -2.39. The van der Waals surface area contributed by atoms with E-state index in [0.717, 1.165) is 21.6 Å². The van der Waals surface area contributed by atoms with Gasteiger partial charge in [0.2, 0.25) is 0 Å². The van der Waals surface area contributed by atoms with Gasteiger partial charge in [-0.3, -0.25) is 14.5 Å². The standard InChI is InChI=1S/C19H20N2O3/c1-13-12-17(23)21(9-6-10-22)19(24)18(20)14(2)11-16(13)15-7-4-3-5-8-15/h3-5,7-8,10-12H,6,9,20H2,1-2H3/b13-12+,16-11?,18-14?. The third-order valence-corrected chi connectivity index (χ3v) is 3.85. The minimum absolute atomic E-state index is 0.00535. The van der Waals surface area contributed by atoms with E-state index in [0.29, 0.717) is 11.9 Å². The molecule has 5 heteroatoms. The smallest absolute Gasteiger partial charge is 0.276 e. The first kappa shape index (κ1) is 17.4. The number of amides is 2. The van der Waals surface area contributed by atoms with Crippen LogP contribution in [0.3, 0.4) is 0 Å². The Hall–Kier alpha value is -2.95. The molecule has 0 saturated carbocycles. The molecule has 0 aliphatic carbocycles. The van der Waals surface area contributed by atoms with Crippen molar-refractivity contribution in [1.82, 2.24) is 4.90 Å². The number of carbonyl (C=O) groups excluding carboxylic acids is 3. The van der Waals surface area contributed by atoms with Crippen molar-refractivity contribution in [1.29, 1.82) is 0 Å². The highest BCUT2D eigenvalue weighted by atomic mass is 16.2. The summed E-state index contributed by atoms with van der Waals surface area (Å²) in [5.74, 6) is -1.05. The van der Waals surface area contributed by atoms with Crippen LogP contribution in [-0.4, -0.2) is 29.5 Å². The normalized spacial score (nSPS) is 18.3. The Bertz CT molecular complexity index is 758. The third kappa shape index (κ3) is 3.68. The number of rotatable bonds is 4. The lowest BCUT2D eigenvalue weighted by atomic mass is 9.96. The van der Waals surface area contributed by atoms with Crippen LogP contribution in [-0.2, 0) is 14.4 Å². The largest absolute Gasteiger partial charge is 0.394 e. The maximum absolute atomic E-state index is 12.5. The van der Waals surface area contributed by atoms with E-state index >= 15 is 0 Å². The van der Waals surface area contributed by atoms with Crippen molar-refractivity contribution in [2.24, 2.45) is 5.73 Å². The van der Waals surface area contributed by atoms with Gasteiger partial charge < -0.3 is 10.5 Å². The van der Waals surface area contributed by atoms with E-state index in [1.807, 2.05) is 43.3 Å². The minimum Gasteiger partial charge on any atom is -0.394 e. The quantitative estimate of drug-likeness (QED) is 0.680. The number of benzene rings is 1. The molecule has 0 aromatic heterocycles. The van der Waals surface area contributed by atoms with Gasteiger partial charge in [-0.1, -0.05) is 30.3 Å². The van der Waals surface area contributed by atoms with E-state index in [1.165, 1.54) is 6.08 Å². The Morgan fingerprint density at radius 2 is 1.75 bits per heavy atom. The van der Waals surface area contributed by atoms with Crippen LogP contribution in [0.15, 0.2) is 59.3 Å². The molecule has 0 saturated heterocycles. The molecule has 0 radical (unpaired) electrons. The molecule has 0 spiro atoms. The average molecular weight is 324 g/mol. The molecular formula is C19H20N2O3. The van der Waals surface area contributed by atoms with Gasteiger partial charge in [0, 0.05) is 19.0 Å². The summed E-state index contributed by atoms with van der Waals surface area (Å²) in [6.45, 7) is 3.56. The molecule has 0 atom stereocenters. The lowest BCUT2D eigenvalue weighted by molar-refractivity contribution is -0.139. The van der Waals surface area contributed by atoms with Gasteiger partial charge in [-0.05, 0) is 42.2 Å². The van der Waals surface area contributed by atoms with Crippen LogP contribution in [0.25, 0.3) is 5.57 Å². The topological polar surface area (TPSA) is 80.5 Å². The van der Waals surface area contributed by atoms with Crippen molar-refractivity contribution in [2.75, 3.05) is 6.54 Å². The van der Waals surface area contributed by atoms with Crippen molar-refractivity contribution >= 4 is 23.7 Å². The zero-order valence-electron chi connectivity index (χ0n) is 13.8. The van der Waals surface area contributed by atoms with Crippen molar-refractivity contribution in [3.8, 4) is 0 Å². The number of carbonyl (C=O) groups is 3. The number of nitrogens with zero attached hydrogens (tertiary/aromatic N) is 1. The van der Waals surface area contributed by atoms with Crippen molar-refractivity contribution in [2.45, 2.75) is 20.3 Å². The van der Waals surface area contributed by atoms with Gasteiger partial charge in [-0.2, -0.15) is 0 Å². The summed E-state index contributed by atoms with van der Waals surface area (Å²) in [5, 5.41) is 0. The molecule has 2 rings (SSSR count). The predicted octanol–water partition coefficient (Wildman–Crippen LogP) is 2.21. The monoisotopic (exact) mass is 324 g/mol. The van der Waals surface area contributed by atoms with Gasteiger partial charge >= 0.3 is 0 Å². The Balaban J connectivity index is 2.58. The van der Waals surface area contributed by atoms with Crippen LogP contribution < -0.4 is 5.73 Å². The Labute approximate surface area is 141 Å². The molecule has 24 heavy (non-hydrogen) atoms. The first-order valence-corrected chi connectivity index (χ1v) is 7.67. The number of hydrogen-bond acceptors (Lipinski definition) is 4. The predicted molar refractivity (Wildman–Crippen MR) is 92.5 cm³/mol. The van der Waals surface area contributed by atoms with Crippen molar-refractivity contribution in [3.05, 3.63) is 64.9 Å². The van der Waals surface area contributed by atoms with E-state index < -0.39 is 11.8 Å². The molecule has 0 fully saturated rings.